The van der Waals surface area contributed by atoms with Crippen LogP contribution in [0.1, 0.15) is 96.0 Å². The standard InChI is InChI=1S/C33H54N2O6SSi/c1-23(2)27(35(10)31(37)41-32(4,5)6)20-28(40-24(3)36)30-34-26(22-39-43(11,12)33(7,8)9)29(42-30)18-19-38-21-25-16-14-13-15-17-25/h13-17,23,27-28H,18-22H2,1-12H3. The number of esters is 1. The molecule has 10 heteroatoms. The zero-order chi connectivity index (χ0) is 32.6. The third kappa shape index (κ3) is 12.0. The Kier molecular flexibility index (Phi) is 13.4. The second-order valence-electron chi connectivity index (χ2n) is 14.0. The van der Waals surface area contributed by atoms with E-state index in [2.05, 4.69) is 33.9 Å². The predicted octanol–water partition coefficient (Wildman–Crippen LogP) is 8.31. The van der Waals surface area contributed by atoms with Gasteiger partial charge in [0, 0.05) is 37.7 Å². The van der Waals surface area contributed by atoms with E-state index in [1.54, 1.807) is 11.9 Å². The largest absolute Gasteiger partial charge is 0.455 e. The molecule has 43 heavy (non-hydrogen) atoms. The van der Waals surface area contributed by atoms with Crippen molar-refractivity contribution < 1.29 is 28.2 Å². The first kappa shape index (κ1) is 36.9. The SMILES string of the molecule is CC(=O)OC(CC(C(C)C)N(C)C(=O)OC(C)(C)C)c1nc(CO[Si](C)(C)C(C)(C)C)c(CCOCc2ccccc2)s1. The molecule has 1 aromatic carbocycles. The van der Waals surface area contributed by atoms with E-state index in [1.807, 2.05) is 65.0 Å². The third-order valence-corrected chi connectivity index (χ3v) is 13.5. The molecule has 0 spiro atoms. The molecule has 8 nitrogen and oxygen atoms in total. The summed E-state index contributed by atoms with van der Waals surface area (Å²) in [5, 5.41) is 0.757. The molecule has 2 rings (SSSR count). The summed E-state index contributed by atoms with van der Waals surface area (Å²) in [6, 6.07) is 9.85. The number of thiazole rings is 1. The number of amides is 1. The number of carbonyl (C=O) groups is 2. The van der Waals surface area contributed by atoms with Crippen LogP contribution >= 0.6 is 11.3 Å². The van der Waals surface area contributed by atoms with E-state index in [-0.39, 0.29) is 17.0 Å². The summed E-state index contributed by atoms with van der Waals surface area (Å²) in [5.74, 6) is -0.308. The average Bonchev–Trinajstić information content (AvgIpc) is 3.29. The second-order valence-corrected chi connectivity index (χ2v) is 19.9. The van der Waals surface area contributed by atoms with Gasteiger partial charge in [-0.25, -0.2) is 9.78 Å². The van der Waals surface area contributed by atoms with Crippen LogP contribution in [0.15, 0.2) is 30.3 Å². The van der Waals surface area contributed by atoms with Crippen LogP contribution in [0.2, 0.25) is 18.1 Å². The summed E-state index contributed by atoms with van der Waals surface area (Å²) in [6.07, 6.45) is 0.0309. The molecule has 0 fully saturated rings. The molecule has 0 aliphatic heterocycles. The Bertz CT molecular complexity index is 1170. The molecule has 1 aromatic heterocycles. The van der Waals surface area contributed by atoms with Crippen LogP contribution < -0.4 is 0 Å². The lowest BCUT2D eigenvalue weighted by Gasteiger charge is -2.36. The van der Waals surface area contributed by atoms with Gasteiger partial charge in [-0.05, 0) is 50.4 Å². The van der Waals surface area contributed by atoms with Crippen LogP contribution in [0, 0.1) is 5.92 Å². The molecule has 242 valence electrons. The second kappa shape index (κ2) is 15.6. The van der Waals surface area contributed by atoms with Crippen LogP contribution in [-0.4, -0.2) is 55.6 Å². The van der Waals surface area contributed by atoms with Crippen molar-refractivity contribution in [3.05, 3.63) is 51.5 Å². The molecular weight excluding hydrogens is 581 g/mol. The fourth-order valence-electron chi connectivity index (χ4n) is 4.21. The van der Waals surface area contributed by atoms with Gasteiger partial charge in [-0.1, -0.05) is 65.0 Å². The highest BCUT2D eigenvalue weighted by molar-refractivity contribution is 7.11. The highest BCUT2D eigenvalue weighted by atomic mass is 32.1. The van der Waals surface area contributed by atoms with E-state index in [1.165, 1.54) is 18.3 Å². The fraction of sp³-hybridized carbons (Fsp3) is 0.667. The van der Waals surface area contributed by atoms with Crippen molar-refractivity contribution in [3.8, 4) is 0 Å². The zero-order valence-corrected chi connectivity index (χ0v) is 30.2. The van der Waals surface area contributed by atoms with Crippen molar-refractivity contribution >= 4 is 31.7 Å². The number of hydrogen-bond donors (Lipinski definition) is 0. The maximum atomic E-state index is 13.0. The number of rotatable bonds is 14. The van der Waals surface area contributed by atoms with Gasteiger partial charge in [0.15, 0.2) is 14.4 Å². The number of hydrogen-bond acceptors (Lipinski definition) is 8. The molecule has 0 N–H and O–H groups in total. The molecule has 0 saturated heterocycles. The van der Waals surface area contributed by atoms with Crippen molar-refractivity contribution in [1.82, 2.24) is 9.88 Å². The van der Waals surface area contributed by atoms with Crippen LogP contribution in [0.3, 0.4) is 0 Å². The van der Waals surface area contributed by atoms with Gasteiger partial charge >= 0.3 is 12.1 Å². The Hall–Kier alpha value is -2.27. The summed E-state index contributed by atoms with van der Waals surface area (Å²) >= 11 is 1.53. The fourth-order valence-corrected chi connectivity index (χ4v) is 6.23. The Labute approximate surface area is 264 Å². The van der Waals surface area contributed by atoms with Gasteiger partial charge in [0.05, 0.1) is 25.5 Å². The quantitative estimate of drug-likeness (QED) is 0.117. The highest BCUT2D eigenvalue weighted by Crippen LogP contribution is 2.38. The van der Waals surface area contributed by atoms with Gasteiger partial charge < -0.3 is 23.5 Å². The number of ether oxygens (including phenoxy) is 3. The summed E-state index contributed by atoms with van der Waals surface area (Å²) < 4.78 is 24.1. The van der Waals surface area contributed by atoms with Crippen molar-refractivity contribution in [2.45, 2.75) is 124 Å². The zero-order valence-electron chi connectivity index (χ0n) is 28.4. The van der Waals surface area contributed by atoms with Gasteiger partial charge in [-0.2, -0.15) is 0 Å². The number of nitrogens with zero attached hydrogens (tertiary/aromatic N) is 2. The molecule has 1 heterocycles. The van der Waals surface area contributed by atoms with Gasteiger partial charge in [-0.3, -0.25) is 4.79 Å². The summed E-state index contributed by atoms with van der Waals surface area (Å²) in [4.78, 5) is 32.9. The maximum Gasteiger partial charge on any atom is 0.410 e. The monoisotopic (exact) mass is 634 g/mol. The molecule has 0 saturated carbocycles. The maximum absolute atomic E-state index is 13.0. The summed E-state index contributed by atoms with van der Waals surface area (Å²) in [6.45, 7) is 23.6. The third-order valence-electron chi connectivity index (χ3n) is 7.74. The minimum absolute atomic E-state index is 0.0574. The van der Waals surface area contributed by atoms with Crippen LogP contribution in [0.5, 0.6) is 0 Å². The highest BCUT2D eigenvalue weighted by Gasteiger charge is 2.38. The lowest BCUT2D eigenvalue weighted by atomic mass is 9.96. The van der Waals surface area contributed by atoms with E-state index < -0.39 is 32.1 Å². The normalized spacial score (nSPS) is 14.0. The molecule has 0 radical (unpaired) electrons. The van der Waals surface area contributed by atoms with Crippen LogP contribution in [-0.2, 0) is 43.1 Å². The van der Waals surface area contributed by atoms with E-state index in [4.69, 9.17) is 23.6 Å². The number of carbonyl (C=O) groups excluding carboxylic acids is 2. The van der Waals surface area contributed by atoms with Crippen molar-refractivity contribution in [1.29, 1.82) is 0 Å². The summed E-state index contributed by atoms with van der Waals surface area (Å²) in [5.41, 5.74) is 1.36. The Morgan fingerprint density at radius 2 is 1.65 bits per heavy atom. The first-order chi connectivity index (χ1) is 19.8. The number of benzene rings is 1. The Morgan fingerprint density at radius 3 is 2.19 bits per heavy atom. The molecule has 2 unspecified atom stereocenters. The average molecular weight is 635 g/mol. The van der Waals surface area contributed by atoms with Gasteiger partial charge in [0.1, 0.15) is 10.6 Å². The lowest BCUT2D eigenvalue weighted by Crippen LogP contribution is -2.44. The van der Waals surface area contributed by atoms with E-state index in [0.29, 0.717) is 37.7 Å². The lowest BCUT2D eigenvalue weighted by molar-refractivity contribution is -0.147. The first-order valence-electron chi connectivity index (χ1n) is 15.2. The topological polar surface area (TPSA) is 87.2 Å². The molecule has 2 aromatic rings. The van der Waals surface area contributed by atoms with Gasteiger partial charge in [-0.15, -0.1) is 11.3 Å². The molecule has 0 bridgehead atoms. The minimum atomic E-state index is -2.04. The summed E-state index contributed by atoms with van der Waals surface area (Å²) in [7, 11) is -0.300. The van der Waals surface area contributed by atoms with Crippen molar-refractivity contribution in [2.24, 2.45) is 5.92 Å². The van der Waals surface area contributed by atoms with E-state index in [0.717, 1.165) is 16.1 Å². The van der Waals surface area contributed by atoms with Gasteiger partial charge in [0.25, 0.3) is 0 Å². The first-order valence-corrected chi connectivity index (χ1v) is 18.9. The predicted molar refractivity (Wildman–Crippen MR) is 176 cm³/mol. The molecular formula is C33H54N2O6SSi. The molecule has 2 atom stereocenters. The van der Waals surface area contributed by atoms with Crippen molar-refractivity contribution in [3.63, 3.8) is 0 Å². The van der Waals surface area contributed by atoms with E-state index >= 15 is 0 Å². The Balaban J connectivity index is 2.35. The van der Waals surface area contributed by atoms with Gasteiger partial charge in [0.2, 0.25) is 0 Å². The Morgan fingerprint density at radius 1 is 1.02 bits per heavy atom. The van der Waals surface area contributed by atoms with Crippen LogP contribution in [0.4, 0.5) is 4.79 Å². The van der Waals surface area contributed by atoms with E-state index in [9.17, 15) is 9.59 Å². The minimum Gasteiger partial charge on any atom is -0.455 e. The smallest absolute Gasteiger partial charge is 0.410 e. The molecule has 0 aliphatic rings. The number of aromatic nitrogens is 1. The van der Waals surface area contributed by atoms with Crippen LogP contribution in [0.25, 0.3) is 0 Å². The molecule has 1 amide bonds. The molecule has 0 aliphatic carbocycles. The van der Waals surface area contributed by atoms with Crippen molar-refractivity contribution in [2.75, 3.05) is 13.7 Å².